The van der Waals surface area contributed by atoms with E-state index in [-0.39, 0.29) is 0 Å². The highest BCUT2D eigenvalue weighted by Crippen LogP contribution is 2.21. The first-order valence-electron chi connectivity index (χ1n) is 4.46. The summed E-state index contributed by atoms with van der Waals surface area (Å²) in [5, 5.41) is 37.2. The second kappa shape index (κ2) is 4.52. The predicted octanol–water partition coefficient (Wildman–Crippen LogP) is -2.65. The number of nitrogens with zero attached hydrogens (tertiary/aromatic N) is 1. The molecule has 84 valence electrons. The first-order chi connectivity index (χ1) is 6.49. The quantitative estimate of drug-likeness (QED) is 0.395. The molecular weight excluding hydrogens is 190 g/mol. The summed E-state index contributed by atoms with van der Waals surface area (Å²) in [5.74, 6) is 0. The predicted molar refractivity (Wildman–Crippen MR) is 47.5 cm³/mol. The van der Waals surface area contributed by atoms with Crippen LogP contribution in [0.2, 0.25) is 0 Å². The number of aliphatic hydroxyl groups excluding tert-OH is 4. The Morgan fingerprint density at radius 3 is 2.07 bits per heavy atom. The fourth-order valence-corrected chi connectivity index (χ4v) is 1.51. The van der Waals surface area contributed by atoms with Gasteiger partial charge in [0.05, 0.1) is 6.61 Å². The lowest BCUT2D eigenvalue weighted by Crippen LogP contribution is -2.62. The van der Waals surface area contributed by atoms with E-state index in [4.69, 9.17) is 9.84 Å². The van der Waals surface area contributed by atoms with Crippen LogP contribution in [0.5, 0.6) is 0 Å². The Morgan fingerprint density at radius 1 is 1.07 bits per heavy atom. The Labute approximate surface area is 82.3 Å². The minimum Gasteiger partial charge on any atom is -0.394 e. The molecule has 0 saturated carbocycles. The van der Waals surface area contributed by atoms with Crippen LogP contribution in [0.25, 0.3) is 0 Å². The molecule has 0 spiro atoms. The van der Waals surface area contributed by atoms with Gasteiger partial charge in [-0.05, 0) is 14.1 Å². The zero-order valence-corrected chi connectivity index (χ0v) is 8.24. The third-order valence-corrected chi connectivity index (χ3v) is 2.38. The Kier molecular flexibility index (Phi) is 3.82. The molecule has 1 aliphatic heterocycles. The summed E-state index contributed by atoms with van der Waals surface area (Å²) in [7, 11) is 3.35. The molecule has 0 amide bonds. The third kappa shape index (κ3) is 2.05. The van der Waals surface area contributed by atoms with Crippen LogP contribution in [0.4, 0.5) is 0 Å². The van der Waals surface area contributed by atoms with Gasteiger partial charge in [-0.15, -0.1) is 0 Å². The van der Waals surface area contributed by atoms with Gasteiger partial charge in [-0.2, -0.15) is 0 Å². The zero-order valence-electron chi connectivity index (χ0n) is 8.24. The van der Waals surface area contributed by atoms with Gasteiger partial charge in [-0.25, -0.2) is 0 Å². The van der Waals surface area contributed by atoms with Crippen molar-refractivity contribution >= 4 is 0 Å². The Bertz CT molecular complexity index is 187. The van der Waals surface area contributed by atoms with Crippen molar-refractivity contribution in [3.8, 4) is 0 Å². The van der Waals surface area contributed by atoms with Crippen molar-refractivity contribution in [2.75, 3.05) is 20.7 Å². The summed E-state index contributed by atoms with van der Waals surface area (Å²) < 4.78 is 5.21. The van der Waals surface area contributed by atoms with Crippen molar-refractivity contribution < 1.29 is 25.2 Å². The highest BCUT2D eigenvalue weighted by atomic mass is 16.6. The largest absolute Gasteiger partial charge is 0.394 e. The summed E-state index contributed by atoms with van der Waals surface area (Å²) in [6.07, 6.45) is -5.31. The van der Waals surface area contributed by atoms with Gasteiger partial charge < -0.3 is 25.2 Å². The second-order valence-electron chi connectivity index (χ2n) is 3.68. The maximum absolute atomic E-state index is 9.53. The molecule has 5 atom stereocenters. The van der Waals surface area contributed by atoms with Crippen molar-refractivity contribution in [1.82, 2.24) is 4.90 Å². The van der Waals surface area contributed by atoms with Gasteiger partial charge in [-0.1, -0.05) is 0 Å². The number of hydrogen-bond acceptors (Lipinski definition) is 6. The van der Waals surface area contributed by atoms with Crippen LogP contribution in [-0.2, 0) is 4.74 Å². The zero-order chi connectivity index (χ0) is 10.9. The molecule has 6 nitrogen and oxygen atoms in total. The van der Waals surface area contributed by atoms with Crippen LogP contribution in [0.1, 0.15) is 0 Å². The molecule has 0 aromatic carbocycles. The Morgan fingerprint density at radius 2 is 1.64 bits per heavy atom. The number of likely N-dealkylation sites (N-methyl/N-ethyl adjacent to an activating group) is 1. The summed E-state index contributed by atoms with van der Waals surface area (Å²) in [5.41, 5.74) is 0. The van der Waals surface area contributed by atoms with Crippen LogP contribution < -0.4 is 0 Å². The van der Waals surface area contributed by atoms with Crippen LogP contribution in [-0.4, -0.2) is 76.7 Å². The molecule has 6 heteroatoms. The highest BCUT2D eigenvalue weighted by molar-refractivity contribution is 4.90. The maximum Gasteiger partial charge on any atom is 0.139 e. The molecule has 1 unspecified atom stereocenters. The van der Waals surface area contributed by atoms with Gasteiger partial charge in [-0.3, -0.25) is 4.90 Å². The lowest BCUT2D eigenvalue weighted by atomic mass is 9.98. The molecule has 1 heterocycles. The number of aliphatic hydroxyl groups is 4. The Hall–Kier alpha value is -0.240. The topological polar surface area (TPSA) is 93.4 Å². The molecular formula is C8H17NO5. The fraction of sp³-hybridized carbons (Fsp3) is 1.00. The van der Waals surface area contributed by atoms with E-state index in [1.165, 1.54) is 0 Å². The molecule has 0 aliphatic carbocycles. The number of ether oxygens (including phenoxy) is 1. The lowest BCUT2D eigenvalue weighted by Gasteiger charge is -2.42. The minimum atomic E-state index is -1.30. The van der Waals surface area contributed by atoms with Gasteiger partial charge >= 0.3 is 0 Å². The molecule has 1 saturated heterocycles. The summed E-state index contributed by atoms with van der Waals surface area (Å²) >= 11 is 0. The van der Waals surface area contributed by atoms with E-state index >= 15 is 0 Å². The van der Waals surface area contributed by atoms with Crippen molar-refractivity contribution in [3.05, 3.63) is 0 Å². The van der Waals surface area contributed by atoms with Gasteiger partial charge in [0.25, 0.3) is 0 Å². The van der Waals surface area contributed by atoms with Gasteiger partial charge in [0, 0.05) is 0 Å². The SMILES string of the molecule is CN(C)C1O[C@H](CO)[C@@H](O)[C@H](O)[C@@H]1O. The van der Waals surface area contributed by atoms with E-state index in [2.05, 4.69) is 0 Å². The van der Waals surface area contributed by atoms with E-state index in [0.717, 1.165) is 0 Å². The molecule has 0 aromatic heterocycles. The van der Waals surface area contributed by atoms with E-state index in [1.807, 2.05) is 0 Å². The average Bonchev–Trinajstić information content (AvgIpc) is 2.14. The fourth-order valence-electron chi connectivity index (χ4n) is 1.51. The summed E-state index contributed by atoms with van der Waals surface area (Å²) in [6.45, 7) is -0.394. The molecule has 1 fully saturated rings. The van der Waals surface area contributed by atoms with Crippen molar-refractivity contribution in [2.45, 2.75) is 30.6 Å². The van der Waals surface area contributed by atoms with Gasteiger partial charge in [0.15, 0.2) is 0 Å². The minimum absolute atomic E-state index is 0.394. The molecule has 0 radical (unpaired) electrons. The van der Waals surface area contributed by atoms with Crippen LogP contribution in [0.3, 0.4) is 0 Å². The summed E-state index contributed by atoms with van der Waals surface area (Å²) in [6, 6.07) is 0. The molecule has 14 heavy (non-hydrogen) atoms. The van der Waals surface area contributed by atoms with E-state index in [9.17, 15) is 15.3 Å². The standard InChI is InChI=1S/C8H17NO5/c1-9(2)8-7(13)6(12)5(11)4(3-10)14-8/h4-8,10-13H,3H2,1-2H3/t4-,5-,6+,7+,8?/m1/s1. The molecule has 0 bridgehead atoms. The average molecular weight is 207 g/mol. The summed E-state index contributed by atoms with van der Waals surface area (Å²) in [4.78, 5) is 1.57. The highest BCUT2D eigenvalue weighted by Gasteiger charge is 2.44. The van der Waals surface area contributed by atoms with Crippen LogP contribution in [0, 0.1) is 0 Å². The lowest BCUT2D eigenvalue weighted by molar-refractivity contribution is -0.258. The van der Waals surface area contributed by atoms with E-state index in [1.54, 1.807) is 19.0 Å². The van der Waals surface area contributed by atoms with Crippen molar-refractivity contribution in [3.63, 3.8) is 0 Å². The third-order valence-electron chi connectivity index (χ3n) is 2.38. The van der Waals surface area contributed by atoms with Gasteiger partial charge in [0.2, 0.25) is 0 Å². The monoisotopic (exact) mass is 207 g/mol. The van der Waals surface area contributed by atoms with Crippen LogP contribution in [0.15, 0.2) is 0 Å². The molecule has 1 rings (SSSR count). The van der Waals surface area contributed by atoms with Crippen LogP contribution >= 0.6 is 0 Å². The number of hydrogen-bond donors (Lipinski definition) is 4. The first kappa shape index (κ1) is 11.8. The van der Waals surface area contributed by atoms with E-state index in [0.29, 0.717) is 0 Å². The second-order valence-corrected chi connectivity index (χ2v) is 3.68. The van der Waals surface area contributed by atoms with Crippen molar-refractivity contribution in [2.24, 2.45) is 0 Å². The molecule has 4 N–H and O–H groups in total. The Balaban J connectivity index is 2.73. The van der Waals surface area contributed by atoms with E-state index < -0.39 is 37.3 Å². The van der Waals surface area contributed by atoms with Crippen molar-refractivity contribution in [1.29, 1.82) is 0 Å². The molecule has 0 aromatic rings. The molecule has 1 aliphatic rings. The smallest absolute Gasteiger partial charge is 0.139 e. The number of rotatable bonds is 2. The first-order valence-corrected chi connectivity index (χ1v) is 4.46. The van der Waals surface area contributed by atoms with Gasteiger partial charge in [0.1, 0.15) is 30.6 Å². The maximum atomic E-state index is 9.53. The normalized spacial score (nSPS) is 44.4.